The Bertz CT molecular complexity index is 4780. The predicted molar refractivity (Wildman–Crippen MR) is 511 cm³/mol. The zero-order valence-electron chi connectivity index (χ0n) is 85.5. The average molecular weight is 1920 g/mol. The first kappa shape index (κ1) is 103. The Balaban J connectivity index is 0.609. The second-order valence-electron chi connectivity index (χ2n) is 46.4. The maximum Gasteiger partial charge on any atom is 0.317 e. The van der Waals surface area contributed by atoms with Gasteiger partial charge in [-0.3, -0.25) is 9.59 Å². The van der Waals surface area contributed by atoms with Gasteiger partial charge in [-0.2, -0.15) is 0 Å². The van der Waals surface area contributed by atoms with E-state index >= 15 is 4.79 Å². The number of methoxy groups -OCH3 is 1. The Hall–Kier alpha value is -5.45. The van der Waals surface area contributed by atoms with E-state index in [2.05, 4.69) is 96.1 Å². The molecule has 4 aromatic rings. The number of hydrogen-bond donors (Lipinski definition) is 1. The van der Waals surface area contributed by atoms with Gasteiger partial charge in [0.05, 0.1) is 94.9 Å². The summed E-state index contributed by atoms with van der Waals surface area (Å²) >= 11 is 0. The first-order valence-corrected chi connectivity index (χ1v) is 52.1. The van der Waals surface area contributed by atoms with Crippen molar-refractivity contribution in [2.24, 2.45) is 109 Å². The zero-order valence-corrected chi connectivity index (χ0v) is 85.5. The number of hydrogen-bond acceptors (Lipinski definition) is 26. The Kier molecular flexibility index (Phi) is 30.5. The van der Waals surface area contributed by atoms with Gasteiger partial charge in [-0.25, -0.2) is 0 Å². The molecule has 18 unspecified atom stereocenters. The van der Waals surface area contributed by atoms with E-state index in [9.17, 15) is 9.59 Å². The monoisotopic (exact) mass is 1920 g/mol. The van der Waals surface area contributed by atoms with E-state index in [1.807, 2.05) is 163 Å². The SMILES string of the molecule is CCC1O[C@@H](OC2[C@H](O[C@H]3CCC4(C)C5CC=C6C7CC(C)(C)CC[C@]7(C(=O)O[C@@H]7OC(COCc8ccccc8)[C@H](N)C(C)C7O[C@@H]7OC(C)[C@H](O[C@@H]8OC[C@@H](OCc9ccccc9)C(O[C@@H]9OCC%10(COCc%11ccccc%11)O[C@@H](c%11ccccc%11)O[C@H]9%10)C8C)C8OC(C)(C)OC87)C(OC)C[C@@]6(C)[C@@]5(C)CC[C@H]4[C@@]3(C)C=O)OC(C(C)=O)[C@@H](C)[C@@H]2O[C@@H]2OC[C@@H](C)[C@H](C)C2C)C(C)[C@@H](C)[C@H]1C. The molecule has 18 rings (SSSR count). The molecule has 0 radical (unpaired) electrons. The van der Waals surface area contributed by atoms with E-state index in [0.29, 0.717) is 63.3 Å². The third-order valence-corrected chi connectivity index (χ3v) is 37.1. The maximum atomic E-state index is 17.1. The van der Waals surface area contributed by atoms with Gasteiger partial charge in [0.15, 0.2) is 55.6 Å². The van der Waals surface area contributed by atoms with Crippen LogP contribution in [0, 0.1) is 104 Å². The Morgan fingerprint density at radius 2 is 1.13 bits per heavy atom. The van der Waals surface area contributed by atoms with Crippen LogP contribution in [0.4, 0.5) is 0 Å². The van der Waals surface area contributed by atoms with Crippen LogP contribution in [0.15, 0.2) is 133 Å². The fourth-order valence-electron chi connectivity index (χ4n) is 27.8. The second kappa shape index (κ2) is 41.1. The van der Waals surface area contributed by atoms with Crippen LogP contribution in [0.3, 0.4) is 0 Å². The third kappa shape index (κ3) is 19.2. The number of ether oxygens (including phenoxy) is 22. The standard InChI is InChI=1S/C112H159NO25/c1-22-79-65(5)64(4)67(7)98(125-79)133-93-89(130-96-66(6)63(3)62(2)53-121-96)69(9)87(71(11)115)128-101(93)127-84-46-47-107(17)82(108(84,18)59-114)45-48-109(19)83(107)44-43-77-78-51-105(13,14)49-50-112(78,85(117-21)52-110(77,109)20)104(116)135-100-90(68(8)86(113)80(126-100)57-118-54-73-35-27-23-28-36-73)131-102-94-92(136-106(15,16)137-94)91(72(12)124-102)132-97-70(10)88(81(58-122-97)120-56-75-39-31-25-32-40-75)129-103-95-111(61-123-103,60-119-55-74-37-29-24-30-38-74)138-99(134-95)76-41-33-26-34-42-76/h23-43,59,62-70,72,78-103H,22,44-58,60-61,113H2,1-21H3/t62-,63+,64+,65-,66?,67?,68?,69-,70?,72?,78?,79?,80?,81-,82-,83?,84+,85?,86-,87?,88?,89+,90?,91+,92?,93?,94?,95-,96+,97+,98+,99+,100+,101-,102+,103+,107?,108-,109+,110-,111?,112-/m1/s1. The number of esters is 1. The van der Waals surface area contributed by atoms with Gasteiger partial charge in [0.25, 0.3) is 0 Å². The molecule has 26 nitrogen and oxygen atoms in total. The molecule has 4 aromatic carbocycles. The minimum absolute atomic E-state index is 0.00187. The van der Waals surface area contributed by atoms with Crippen LogP contribution < -0.4 is 5.73 Å². The molecular formula is C112H159NO25. The van der Waals surface area contributed by atoms with E-state index in [1.165, 1.54) is 11.9 Å². The van der Waals surface area contributed by atoms with Gasteiger partial charge in [0.2, 0.25) is 6.29 Å². The van der Waals surface area contributed by atoms with Crippen LogP contribution in [0.25, 0.3) is 0 Å². The fourth-order valence-corrected chi connectivity index (χ4v) is 27.8. The Morgan fingerprint density at radius 3 is 1.80 bits per heavy atom. The number of rotatable bonds is 30. The summed E-state index contributed by atoms with van der Waals surface area (Å²) in [5.41, 5.74) is 7.95. The molecule has 4 saturated carbocycles. The summed E-state index contributed by atoms with van der Waals surface area (Å²) in [7, 11) is 1.76. The van der Waals surface area contributed by atoms with Gasteiger partial charge in [0.1, 0.15) is 72.2 Å². The molecule has 2 N–H and O–H groups in total. The van der Waals surface area contributed by atoms with Crippen molar-refractivity contribution in [1.82, 2.24) is 0 Å². The highest BCUT2D eigenvalue weighted by molar-refractivity contribution is 5.81. The number of ketones is 1. The molecule has 5 aliphatic carbocycles. The quantitative estimate of drug-likeness (QED) is 0.0220. The highest BCUT2D eigenvalue weighted by Crippen LogP contribution is 2.77. The molecule has 138 heavy (non-hydrogen) atoms. The average Bonchev–Trinajstić information content (AvgIpc) is 0.969. The summed E-state index contributed by atoms with van der Waals surface area (Å²) < 4.78 is 155. The van der Waals surface area contributed by atoms with Crippen LogP contribution in [-0.4, -0.2) is 211 Å². The first-order valence-electron chi connectivity index (χ1n) is 52.1. The number of nitrogens with two attached hydrogens (primary N) is 1. The molecule has 9 saturated heterocycles. The number of aldehydes is 1. The van der Waals surface area contributed by atoms with Crippen LogP contribution in [0.2, 0.25) is 0 Å². The minimum Gasteiger partial charge on any atom is -0.432 e. The second-order valence-corrected chi connectivity index (χ2v) is 46.4. The summed E-state index contributed by atoms with van der Waals surface area (Å²) in [5, 5.41) is 0. The van der Waals surface area contributed by atoms with E-state index in [4.69, 9.17) is 110 Å². The highest BCUT2D eigenvalue weighted by atomic mass is 16.8. The van der Waals surface area contributed by atoms with Gasteiger partial charge in [-0.15, -0.1) is 0 Å². The maximum absolute atomic E-state index is 17.1. The molecule has 9 aliphatic heterocycles. The number of carbonyl (C=O) groups is 3. The van der Waals surface area contributed by atoms with Crippen molar-refractivity contribution in [2.75, 3.05) is 40.1 Å². The lowest BCUT2D eigenvalue weighted by atomic mass is 9.33. The third-order valence-electron chi connectivity index (χ3n) is 37.1. The van der Waals surface area contributed by atoms with Gasteiger partial charge < -0.3 is 115 Å². The molecule has 9 heterocycles. The van der Waals surface area contributed by atoms with Gasteiger partial charge in [0, 0.05) is 48.3 Å². The highest BCUT2D eigenvalue weighted by Gasteiger charge is 2.74. The molecule has 42 atom stereocenters. The molecule has 762 valence electrons. The Morgan fingerprint density at radius 1 is 0.514 bits per heavy atom. The Labute approximate surface area is 818 Å². The van der Waals surface area contributed by atoms with E-state index in [-0.39, 0.29) is 96.7 Å². The van der Waals surface area contributed by atoms with Crippen LogP contribution in [0.5, 0.6) is 0 Å². The van der Waals surface area contributed by atoms with Crippen molar-refractivity contribution in [3.63, 3.8) is 0 Å². The van der Waals surface area contributed by atoms with Crippen LogP contribution in [-0.2, 0) is 138 Å². The lowest BCUT2D eigenvalue weighted by Gasteiger charge is -2.71. The van der Waals surface area contributed by atoms with E-state index in [1.54, 1.807) is 14.0 Å². The van der Waals surface area contributed by atoms with Gasteiger partial charge >= 0.3 is 5.97 Å². The number of Topliss-reactive ketones (excluding diaryl/α,β-unsaturated/α-hetero) is 1. The molecule has 26 heteroatoms. The number of fused-ring (bicyclic) bond motifs is 9. The summed E-state index contributed by atoms with van der Waals surface area (Å²) in [4.78, 5) is 46.0. The predicted octanol–water partition coefficient (Wildman–Crippen LogP) is 17.9. The van der Waals surface area contributed by atoms with Crippen molar-refractivity contribution in [1.29, 1.82) is 0 Å². The lowest BCUT2D eigenvalue weighted by molar-refractivity contribution is -0.374. The van der Waals surface area contributed by atoms with E-state index in [0.717, 1.165) is 60.8 Å². The van der Waals surface area contributed by atoms with Crippen LogP contribution >= 0.6 is 0 Å². The van der Waals surface area contributed by atoms with Crippen molar-refractivity contribution < 1.29 is 119 Å². The molecule has 0 bridgehead atoms. The number of allylic oxidation sites excluding steroid dienone is 2. The van der Waals surface area contributed by atoms with Gasteiger partial charge in [-0.1, -0.05) is 244 Å². The number of benzene rings is 4. The molecule has 13 fully saturated rings. The molecule has 0 aromatic heterocycles. The summed E-state index contributed by atoms with van der Waals surface area (Å²) in [5.74, 6) is -2.30. The largest absolute Gasteiger partial charge is 0.432 e. The van der Waals surface area contributed by atoms with E-state index < -0.39 is 193 Å². The normalized spacial score (nSPS) is 46.3. The fraction of sp³-hybridized carbons (Fsp3) is 0.741. The zero-order chi connectivity index (χ0) is 97.7. The molecule has 14 aliphatic rings. The molecule has 0 amide bonds. The van der Waals surface area contributed by atoms with Crippen LogP contribution in [0.1, 0.15) is 231 Å². The minimum atomic E-state index is -1.34. The summed E-state index contributed by atoms with van der Waals surface area (Å²) in [6, 6.07) is 39.2. The summed E-state index contributed by atoms with van der Waals surface area (Å²) in [6.45, 7) is 45.0. The topological polar surface area (TPSA) is 280 Å². The van der Waals surface area contributed by atoms with Crippen molar-refractivity contribution in [3.8, 4) is 0 Å². The smallest absolute Gasteiger partial charge is 0.317 e. The lowest BCUT2D eigenvalue weighted by Crippen LogP contribution is -2.69. The molecule has 0 spiro atoms. The van der Waals surface area contributed by atoms with Gasteiger partial charge in [-0.05, 0) is 172 Å². The van der Waals surface area contributed by atoms with Crippen molar-refractivity contribution in [2.45, 2.75) is 382 Å². The first-order chi connectivity index (χ1) is 65.9. The van der Waals surface area contributed by atoms with Crippen molar-refractivity contribution >= 4 is 18.0 Å². The molecular weight excluding hydrogens is 1760 g/mol. The number of carbonyl (C=O) groups excluding carboxylic acids is 3. The summed E-state index contributed by atoms with van der Waals surface area (Å²) in [6.07, 6.45) is -7.53. The van der Waals surface area contributed by atoms with Crippen molar-refractivity contribution in [3.05, 3.63) is 155 Å².